The van der Waals surface area contributed by atoms with E-state index < -0.39 is 0 Å². The van der Waals surface area contributed by atoms with Gasteiger partial charge in [0.05, 0.1) is 11.9 Å². The molecule has 17 heavy (non-hydrogen) atoms. The number of nitrogens with two attached hydrogens (primary N) is 1. The van der Waals surface area contributed by atoms with Gasteiger partial charge in [-0.3, -0.25) is 0 Å². The Morgan fingerprint density at radius 1 is 1.59 bits per heavy atom. The number of aryl methyl sites for hydroxylation is 1. The smallest absolute Gasteiger partial charge is 0.128 e. The highest BCUT2D eigenvalue weighted by Gasteiger charge is 2.21. The maximum atomic E-state index is 5.78. The lowest BCUT2D eigenvalue weighted by Gasteiger charge is -2.22. The third-order valence-corrected chi connectivity index (χ3v) is 3.55. The van der Waals surface area contributed by atoms with Crippen molar-refractivity contribution in [1.82, 2.24) is 9.88 Å². The third kappa shape index (κ3) is 2.88. The van der Waals surface area contributed by atoms with Crippen LogP contribution < -0.4 is 10.6 Å². The zero-order valence-corrected chi connectivity index (χ0v) is 11.0. The SMILES string of the molecule is Cc1cc(N(C)CC2CCN(C)C2)ncc1N. The molecule has 4 heteroatoms. The van der Waals surface area contributed by atoms with Crippen LogP contribution in [-0.2, 0) is 0 Å². The number of aromatic nitrogens is 1. The van der Waals surface area contributed by atoms with Gasteiger partial charge in [0.1, 0.15) is 5.82 Å². The van der Waals surface area contributed by atoms with Crippen molar-refractivity contribution in [3.8, 4) is 0 Å². The van der Waals surface area contributed by atoms with Gasteiger partial charge in [-0.15, -0.1) is 0 Å². The first kappa shape index (κ1) is 12.2. The van der Waals surface area contributed by atoms with Crippen LogP contribution in [0.1, 0.15) is 12.0 Å². The Labute approximate surface area is 103 Å². The van der Waals surface area contributed by atoms with E-state index in [-0.39, 0.29) is 0 Å². The van der Waals surface area contributed by atoms with Crippen LogP contribution in [0.25, 0.3) is 0 Å². The number of nitrogens with zero attached hydrogens (tertiary/aromatic N) is 3. The fraction of sp³-hybridized carbons (Fsp3) is 0.615. The van der Waals surface area contributed by atoms with Crippen LogP contribution >= 0.6 is 0 Å². The fourth-order valence-corrected chi connectivity index (χ4v) is 2.42. The molecule has 1 aliphatic heterocycles. The van der Waals surface area contributed by atoms with Crippen molar-refractivity contribution in [2.75, 3.05) is 44.4 Å². The van der Waals surface area contributed by atoms with Gasteiger partial charge < -0.3 is 15.5 Å². The van der Waals surface area contributed by atoms with E-state index in [0.717, 1.165) is 29.5 Å². The van der Waals surface area contributed by atoms with Gasteiger partial charge in [0.25, 0.3) is 0 Å². The number of anilines is 2. The number of rotatable bonds is 3. The zero-order valence-electron chi connectivity index (χ0n) is 11.0. The molecule has 4 nitrogen and oxygen atoms in total. The summed E-state index contributed by atoms with van der Waals surface area (Å²) >= 11 is 0. The van der Waals surface area contributed by atoms with Gasteiger partial charge in [-0.25, -0.2) is 4.98 Å². The van der Waals surface area contributed by atoms with Crippen LogP contribution in [0.4, 0.5) is 11.5 Å². The first-order chi connectivity index (χ1) is 8.06. The van der Waals surface area contributed by atoms with Crippen molar-refractivity contribution < 1.29 is 0 Å². The van der Waals surface area contributed by atoms with E-state index in [1.165, 1.54) is 19.5 Å². The molecule has 94 valence electrons. The molecular weight excluding hydrogens is 212 g/mol. The summed E-state index contributed by atoms with van der Waals surface area (Å²) in [6, 6.07) is 2.06. The molecule has 0 bridgehead atoms. The summed E-state index contributed by atoms with van der Waals surface area (Å²) in [5.41, 5.74) is 7.65. The lowest BCUT2D eigenvalue weighted by atomic mass is 10.1. The molecule has 2 rings (SSSR count). The fourth-order valence-electron chi connectivity index (χ4n) is 2.42. The summed E-state index contributed by atoms with van der Waals surface area (Å²) in [6.07, 6.45) is 3.04. The van der Waals surface area contributed by atoms with E-state index in [4.69, 9.17) is 5.73 Å². The van der Waals surface area contributed by atoms with Crippen LogP contribution in [0.2, 0.25) is 0 Å². The van der Waals surface area contributed by atoms with Crippen molar-refractivity contribution >= 4 is 11.5 Å². The Kier molecular flexibility index (Phi) is 3.52. The van der Waals surface area contributed by atoms with Crippen LogP contribution in [0.15, 0.2) is 12.3 Å². The molecule has 1 aromatic rings. The van der Waals surface area contributed by atoms with Gasteiger partial charge in [0.15, 0.2) is 0 Å². The molecule has 0 saturated carbocycles. The summed E-state index contributed by atoms with van der Waals surface area (Å²) in [7, 11) is 4.29. The minimum Gasteiger partial charge on any atom is -0.397 e. The third-order valence-electron chi connectivity index (χ3n) is 3.55. The van der Waals surface area contributed by atoms with E-state index in [0.29, 0.717) is 0 Å². The lowest BCUT2D eigenvalue weighted by Crippen LogP contribution is -2.27. The summed E-state index contributed by atoms with van der Waals surface area (Å²) in [5.74, 6) is 1.77. The normalized spacial score (nSPS) is 20.8. The molecular formula is C13H22N4. The Morgan fingerprint density at radius 3 is 2.94 bits per heavy atom. The average Bonchev–Trinajstić information content (AvgIpc) is 2.68. The molecule has 0 aromatic carbocycles. The van der Waals surface area contributed by atoms with E-state index >= 15 is 0 Å². The number of hydrogen-bond acceptors (Lipinski definition) is 4. The van der Waals surface area contributed by atoms with E-state index in [1.54, 1.807) is 6.20 Å². The highest BCUT2D eigenvalue weighted by Crippen LogP contribution is 2.20. The molecule has 1 unspecified atom stereocenters. The highest BCUT2D eigenvalue weighted by atomic mass is 15.2. The quantitative estimate of drug-likeness (QED) is 0.858. The van der Waals surface area contributed by atoms with Gasteiger partial charge in [0, 0.05) is 20.1 Å². The van der Waals surface area contributed by atoms with Gasteiger partial charge in [0.2, 0.25) is 0 Å². The van der Waals surface area contributed by atoms with Crippen LogP contribution in [0.5, 0.6) is 0 Å². The number of likely N-dealkylation sites (tertiary alicyclic amines) is 1. The number of hydrogen-bond donors (Lipinski definition) is 1. The van der Waals surface area contributed by atoms with Gasteiger partial charge in [-0.05, 0) is 44.5 Å². The van der Waals surface area contributed by atoms with Crippen LogP contribution in [0, 0.1) is 12.8 Å². The molecule has 1 aromatic heterocycles. The first-order valence-corrected chi connectivity index (χ1v) is 6.18. The minimum atomic E-state index is 0.754. The predicted molar refractivity (Wildman–Crippen MR) is 72.3 cm³/mol. The molecule has 1 atom stereocenters. The topological polar surface area (TPSA) is 45.4 Å². The molecule has 0 amide bonds. The van der Waals surface area contributed by atoms with Crippen LogP contribution in [-0.4, -0.2) is 43.6 Å². The molecule has 2 N–H and O–H groups in total. The summed E-state index contributed by atoms with van der Waals surface area (Å²) in [4.78, 5) is 9.01. The van der Waals surface area contributed by atoms with E-state index in [9.17, 15) is 0 Å². The maximum Gasteiger partial charge on any atom is 0.128 e. The van der Waals surface area contributed by atoms with Crippen molar-refractivity contribution in [2.24, 2.45) is 5.92 Å². The monoisotopic (exact) mass is 234 g/mol. The number of pyridine rings is 1. The maximum absolute atomic E-state index is 5.78. The molecule has 1 fully saturated rings. The molecule has 1 aliphatic rings. The minimum absolute atomic E-state index is 0.754. The standard InChI is InChI=1S/C13H22N4/c1-10-6-13(15-7-12(10)14)17(3)9-11-4-5-16(2)8-11/h6-7,11H,4-5,8-9,14H2,1-3H3. The summed E-state index contributed by atoms with van der Waals surface area (Å²) < 4.78 is 0. The molecule has 0 aliphatic carbocycles. The largest absolute Gasteiger partial charge is 0.397 e. The lowest BCUT2D eigenvalue weighted by molar-refractivity contribution is 0.395. The Balaban J connectivity index is 1.99. The molecule has 0 radical (unpaired) electrons. The second kappa shape index (κ2) is 4.92. The molecule has 1 saturated heterocycles. The number of nitrogen functional groups attached to an aromatic ring is 1. The van der Waals surface area contributed by atoms with Gasteiger partial charge in [-0.2, -0.15) is 0 Å². The van der Waals surface area contributed by atoms with Crippen LogP contribution in [0.3, 0.4) is 0 Å². The molecule has 0 spiro atoms. The zero-order chi connectivity index (χ0) is 12.4. The second-order valence-corrected chi connectivity index (χ2v) is 5.20. The van der Waals surface area contributed by atoms with Crippen molar-refractivity contribution in [3.05, 3.63) is 17.8 Å². The Hall–Kier alpha value is -1.29. The van der Waals surface area contributed by atoms with Gasteiger partial charge >= 0.3 is 0 Å². The Morgan fingerprint density at radius 2 is 2.35 bits per heavy atom. The average molecular weight is 234 g/mol. The van der Waals surface area contributed by atoms with Crippen molar-refractivity contribution in [1.29, 1.82) is 0 Å². The predicted octanol–water partition coefficient (Wildman–Crippen LogP) is 1.36. The summed E-state index contributed by atoms with van der Waals surface area (Å²) in [5, 5.41) is 0. The van der Waals surface area contributed by atoms with Gasteiger partial charge in [-0.1, -0.05) is 0 Å². The molecule has 2 heterocycles. The van der Waals surface area contributed by atoms with Crippen molar-refractivity contribution in [3.63, 3.8) is 0 Å². The second-order valence-electron chi connectivity index (χ2n) is 5.20. The summed E-state index contributed by atoms with van der Waals surface area (Å²) in [6.45, 7) is 5.50. The highest BCUT2D eigenvalue weighted by molar-refractivity contribution is 5.51. The van der Waals surface area contributed by atoms with Crippen molar-refractivity contribution in [2.45, 2.75) is 13.3 Å². The Bertz CT molecular complexity index is 391. The first-order valence-electron chi connectivity index (χ1n) is 6.18. The van der Waals surface area contributed by atoms with E-state index in [1.807, 2.05) is 6.92 Å². The van der Waals surface area contributed by atoms with E-state index in [2.05, 4.69) is 34.9 Å².